The maximum atomic E-state index is 12.4. The molecule has 1 N–H and O–H groups in total. The van der Waals surface area contributed by atoms with Gasteiger partial charge in [0.1, 0.15) is 5.75 Å². The molecule has 0 radical (unpaired) electrons. The van der Waals surface area contributed by atoms with Crippen LogP contribution in [0.25, 0.3) is 0 Å². The zero-order valence-electron chi connectivity index (χ0n) is 10.4. The summed E-state index contributed by atoms with van der Waals surface area (Å²) < 4.78 is 0. The maximum absolute atomic E-state index is 12.4. The van der Waals surface area contributed by atoms with E-state index in [0.717, 1.165) is 13.1 Å². The molecule has 0 aromatic heterocycles. The topological polar surface area (TPSA) is 40.5 Å². The first-order valence-corrected chi connectivity index (χ1v) is 6.11. The fraction of sp³-hybridized carbons (Fsp3) is 0.500. The van der Waals surface area contributed by atoms with E-state index in [-0.39, 0.29) is 11.5 Å². The lowest BCUT2D eigenvalue weighted by Crippen LogP contribution is -2.48. The lowest BCUT2D eigenvalue weighted by Gasteiger charge is -2.33. The van der Waals surface area contributed by atoms with Crippen molar-refractivity contribution in [2.24, 2.45) is 0 Å². The number of carbonyl (C=O) groups excluding carboxylic acids is 1. The number of nitrogens with zero attached hydrogens (tertiary/aromatic N) is 1. The van der Waals surface area contributed by atoms with Crippen molar-refractivity contribution in [1.82, 2.24) is 4.90 Å². The van der Waals surface area contributed by atoms with Gasteiger partial charge in [0.05, 0.1) is 5.54 Å². The summed E-state index contributed by atoms with van der Waals surface area (Å²) in [5.41, 5.74) is 0.215. The van der Waals surface area contributed by atoms with Gasteiger partial charge >= 0.3 is 0 Å². The minimum atomic E-state index is -0.451. The third-order valence-corrected chi connectivity index (χ3v) is 3.58. The van der Waals surface area contributed by atoms with Crippen molar-refractivity contribution in [3.8, 4) is 5.75 Å². The summed E-state index contributed by atoms with van der Waals surface area (Å²) in [6.45, 7) is 5.95. The normalized spacial score (nSPS) is 17.3. The van der Waals surface area contributed by atoms with Gasteiger partial charge in [-0.15, -0.1) is 0 Å². The number of Topliss-reactive ketones (excluding diaryl/α,β-unsaturated/α-hetero) is 1. The van der Waals surface area contributed by atoms with Crippen molar-refractivity contribution in [3.05, 3.63) is 29.8 Å². The van der Waals surface area contributed by atoms with Crippen LogP contribution < -0.4 is 0 Å². The molecule has 1 aliphatic heterocycles. The minimum absolute atomic E-state index is 0.124. The van der Waals surface area contributed by atoms with E-state index in [1.807, 2.05) is 13.8 Å². The van der Waals surface area contributed by atoms with Gasteiger partial charge in [-0.3, -0.25) is 9.69 Å². The largest absolute Gasteiger partial charge is 0.508 e. The number of rotatable bonds is 3. The van der Waals surface area contributed by atoms with Crippen molar-refractivity contribution in [2.75, 3.05) is 13.1 Å². The number of benzene rings is 1. The molecule has 1 fully saturated rings. The molecule has 0 spiro atoms. The second-order valence-electron chi connectivity index (χ2n) is 5.13. The van der Waals surface area contributed by atoms with E-state index in [9.17, 15) is 9.90 Å². The van der Waals surface area contributed by atoms with Gasteiger partial charge in [0.15, 0.2) is 5.78 Å². The van der Waals surface area contributed by atoms with Crippen molar-refractivity contribution in [3.63, 3.8) is 0 Å². The smallest absolute Gasteiger partial charge is 0.182 e. The molecule has 0 bridgehead atoms. The van der Waals surface area contributed by atoms with Crippen LogP contribution in [0.5, 0.6) is 5.75 Å². The molecule has 0 saturated carbocycles. The average molecular weight is 233 g/mol. The number of aromatic hydroxyl groups is 1. The van der Waals surface area contributed by atoms with Crippen LogP contribution in [0, 0.1) is 0 Å². The Morgan fingerprint density at radius 2 is 1.71 bits per heavy atom. The SMILES string of the molecule is CC(C)(C(=O)c1ccc(O)cc1)N1CCCC1. The molecule has 0 unspecified atom stereocenters. The van der Waals surface area contributed by atoms with Crippen LogP contribution in [0.4, 0.5) is 0 Å². The van der Waals surface area contributed by atoms with Crippen molar-refractivity contribution >= 4 is 5.78 Å². The minimum Gasteiger partial charge on any atom is -0.508 e. The van der Waals surface area contributed by atoms with Crippen molar-refractivity contribution in [2.45, 2.75) is 32.2 Å². The summed E-state index contributed by atoms with van der Waals surface area (Å²) in [5, 5.41) is 9.23. The summed E-state index contributed by atoms with van der Waals surface area (Å²) in [5.74, 6) is 0.319. The van der Waals surface area contributed by atoms with Crippen LogP contribution in [0.2, 0.25) is 0 Å². The molecule has 1 aromatic rings. The third-order valence-electron chi connectivity index (χ3n) is 3.58. The van der Waals surface area contributed by atoms with E-state index in [4.69, 9.17) is 0 Å². The second kappa shape index (κ2) is 4.49. The molecule has 1 aliphatic rings. The molecule has 1 aromatic carbocycles. The highest BCUT2D eigenvalue weighted by Gasteiger charge is 2.36. The predicted octanol–water partition coefficient (Wildman–Crippen LogP) is 2.45. The highest BCUT2D eigenvalue weighted by molar-refractivity contribution is 6.02. The van der Waals surface area contributed by atoms with Gasteiger partial charge in [0.2, 0.25) is 0 Å². The van der Waals surface area contributed by atoms with Gasteiger partial charge < -0.3 is 5.11 Å². The highest BCUT2D eigenvalue weighted by atomic mass is 16.3. The van der Waals surface area contributed by atoms with E-state index in [1.54, 1.807) is 24.3 Å². The van der Waals surface area contributed by atoms with Crippen LogP contribution in [0.3, 0.4) is 0 Å². The zero-order chi connectivity index (χ0) is 12.5. The lowest BCUT2D eigenvalue weighted by atomic mass is 9.91. The molecule has 1 heterocycles. The Kier molecular flexibility index (Phi) is 3.20. The van der Waals surface area contributed by atoms with Crippen molar-refractivity contribution in [1.29, 1.82) is 0 Å². The van der Waals surface area contributed by atoms with Gasteiger partial charge in [-0.1, -0.05) is 0 Å². The molecular formula is C14H19NO2. The number of hydrogen-bond acceptors (Lipinski definition) is 3. The third kappa shape index (κ3) is 2.34. The molecule has 3 heteroatoms. The van der Waals surface area contributed by atoms with Gasteiger partial charge in [0, 0.05) is 5.56 Å². The quantitative estimate of drug-likeness (QED) is 0.815. The number of carbonyl (C=O) groups is 1. The lowest BCUT2D eigenvalue weighted by molar-refractivity contribution is 0.0702. The first kappa shape index (κ1) is 12.1. The van der Waals surface area contributed by atoms with Gasteiger partial charge in [-0.25, -0.2) is 0 Å². The Labute approximate surface area is 102 Å². The highest BCUT2D eigenvalue weighted by Crippen LogP contribution is 2.25. The van der Waals surface area contributed by atoms with Crippen molar-refractivity contribution < 1.29 is 9.90 Å². The molecule has 3 nitrogen and oxygen atoms in total. The number of phenolic OH excluding ortho intramolecular Hbond substituents is 1. The Balaban J connectivity index is 2.20. The second-order valence-corrected chi connectivity index (χ2v) is 5.13. The van der Waals surface area contributed by atoms with E-state index in [0.29, 0.717) is 5.56 Å². The first-order valence-electron chi connectivity index (χ1n) is 6.11. The standard InChI is InChI=1S/C14H19NO2/c1-14(2,15-9-3-4-10-15)13(17)11-5-7-12(16)8-6-11/h5-8,16H,3-4,9-10H2,1-2H3. The molecule has 0 aliphatic carbocycles. The number of hydrogen-bond donors (Lipinski definition) is 1. The predicted molar refractivity (Wildman–Crippen MR) is 67.3 cm³/mol. The van der Waals surface area contributed by atoms with Crippen LogP contribution in [-0.2, 0) is 0 Å². The molecule has 1 saturated heterocycles. The fourth-order valence-electron chi connectivity index (χ4n) is 2.39. The summed E-state index contributed by atoms with van der Waals surface area (Å²) in [6, 6.07) is 6.51. The monoisotopic (exact) mass is 233 g/mol. The Morgan fingerprint density at radius 3 is 2.24 bits per heavy atom. The maximum Gasteiger partial charge on any atom is 0.182 e. The first-order chi connectivity index (χ1) is 8.01. The van der Waals surface area contributed by atoms with Crippen LogP contribution >= 0.6 is 0 Å². The molecule has 17 heavy (non-hydrogen) atoms. The molecule has 0 amide bonds. The van der Waals surface area contributed by atoms with E-state index >= 15 is 0 Å². The van der Waals surface area contributed by atoms with E-state index in [2.05, 4.69) is 4.90 Å². The summed E-state index contributed by atoms with van der Waals surface area (Å²) in [4.78, 5) is 14.7. The van der Waals surface area contributed by atoms with Crippen LogP contribution in [-0.4, -0.2) is 34.4 Å². The van der Waals surface area contributed by atoms with Crippen LogP contribution in [0.1, 0.15) is 37.0 Å². The average Bonchev–Trinajstić information content (AvgIpc) is 2.83. The Hall–Kier alpha value is -1.35. The number of likely N-dealkylation sites (tertiary alicyclic amines) is 1. The van der Waals surface area contributed by atoms with E-state index in [1.165, 1.54) is 12.8 Å². The molecule has 92 valence electrons. The van der Waals surface area contributed by atoms with Crippen LogP contribution in [0.15, 0.2) is 24.3 Å². The summed E-state index contributed by atoms with van der Waals surface area (Å²) >= 11 is 0. The van der Waals surface area contributed by atoms with Gasteiger partial charge in [-0.2, -0.15) is 0 Å². The number of ketones is 1. The zero-order valence-corrected chi connectivity index (χ0v) is 10.4. The van der Waals surface area contributed by atoms with Gasteiger partial charge in [-0.05, 0) is 64.0 Å². The molecular weight excluding hydrogens is 214 g/mol. The Bertz CT molecular complexity index is 403. The fourth-order valence-corrected chi connectivity index (χ4v) is 2.39. The Morgan fingerprint density at radius 1 is 1.18 bits per heavy atom. The van der Waals surface area contributed by atoms with E-state index < -0.39 is 5.54 Å². The number of phenols is 1. The molecule has 0 atom stereocenters. The summed E-state index contributed by atoms with van der Waals surface area (Å²) in [7, 11) is 0. The summed E-state index contributed by atoms with van der Waals surface area (Å²) in [6.07, 6.45) is 2.35. The molecule has 2 rings (SSSR count). The van der Waals surface area contributed by atoms with Gasteiger partial charge in [0.25, 0.3) is 0 Å².